The Kier molecular flexibility index (Phi) is 7.36. The number of rotatable bonds is 7. The summed E-state index contributed by atoms with van der Waals surface area (Å²) in [7, 11) is 0. The van der Waals surface area contributed by atoms with Gasteiger partial charge in [-0.05, 0) is 51.1 Å². The molecule has 1 fully saturated rings. The minimum absolute atomic E-state index is 0.0567. The van der Waals surface area contributed by atoms with E-state index < -0.39 is 5.97 Å². The number of ether oxygens (including phenoxy) is 1. The lowest BCUT2D eigenvalue weighted by Gasteiger charge is -2.30. The van der Waals surface area contributed by atoms with Gasteiger partial charge in [0.15, 0.2) is 0 Å². The number of hydrogen-bond donors (Lipinski definition) is 1. The summed E-state index contributed by atoms with van der Waals surface area (Å²) in [5.41, 5.74) is 1.75. The van der Waals surface area contributed by atoms with Gasteiger partial charge in [0.1, 0.15) is 0 Å². The van der Waals surface area contributed by atoms with E-state index in [0.717, 1.165) is 31.5 Å². The van der Waals surface area contributed by atoms with E-state index in [1.807, 2.05) is 30.3 Å². The predicted molar refractivity (Wildman–Crippen MR) is 124 cm³/mol. The van der Waals surface area contributed by atoms with Crippen molar-refractivity contribution in [3.05, 3.63) is 65.0 Å². The van der Waals surface area contributed by atoms with Crippen LogP contribution in [-0.4, -0.2) is 46.6 Å². The van der Waals surface area contributed by atoms with E-state index >= 15 is 0 Å². The van der Waals surface area contributed by atoms with Crippen molar-refractivity contribution in [3.8, 4) is 11.4 Å². The standard InChI is InChI=1S/C24H25ClN4O4/c1-2-32-24(31)19-9-8-18(14-20(19)25)26-23(30)17-10-12-29(13-11-17)15-21-27-22(28-33-21)16-6-4-3-5-7-16/h3-9,14,17H,2,10-13,15H2,1H3,(H,26,30). The van der Waals surface area contributed by atoms with Crippen molar-refractivity contribution < 1.29 is 18.8 Å². The maximum absolute atomic E-state index is 12.7. The number of piperidine rings is 1. The van der Waals surface area contributed by atoms with E-state index in [0.29, 0.717) is 23.9 Å². The molecule has 0 spiro atoms. The second-order valence-corrected chi connectivity index (χ2v) is 8.24. The predicted octanol–water partition coefficient (Wildman–Crippen LogP) is 4.42. The molecule has 8 nitrogen and oxygen atoms in total. The van der Waals surface area contributed by atoms with Crippen LogP contribution in [0.15, 0.2) is 53.1 Å². The summed E-state index contributed by atoms with van der Waals surface area (Å²) in [4.78, 5) is 31.3. The van der Waals surface area contributed by atoms with Crippen LogP contribution in [0.2, 0.25) is 5.02 Å². The fourth-order valence-corrected chi connectivity index (χ4v) is 4.04. The number of halogens is 1. The summed E-state index contributed by atoms with van der Waals surface area (Å²) in [5, 5.41) is 7.21. The van der Waals surface area contributed by atoms with E-state index in [1.165, 1.54) is 0 Å². The Labute approximate surface area is 196 Å². The first-order valence-electron chi connectivity index (χ1n) is 10.9. The second-order valence-electron chi connectivity index (χ2n) is 7.83. The van der Waals surface area contributed by atoms with Crippen LogP contribution in [0.5, 0.6) is 0 Å². The zero-order valence-electron chi connectivity index (χ0n) is 18.3. The van der Waals surface area contributed by atoms with Crippen molar-refractivity contribution in [3.63, 3.8) is 0 Å². The van der Waals surface area contributed by atoms with E-state index in [9.17, 15) is 9.59 Å². The van der Waals surface area contributed by atoms with Gasteiger partial charge in [0.05, 0.1) is 23.7 Å². The van der Waals surface area contributed by atoms with Crippen molar-refractivity contribution in [2.24, 2.45) is 5.92 Å². The molecule has 1 aliphatic heterocycles. The second kappa shape index (κ2) is 10.6. The Morgan fingerprint density at radius 1 is 1.18 bits per heavy atom. The number of carbonyl (C=O) groups is 2. The Balaban J connectivity index is 1.27. The molecule has 0 unspecified atom stereocenters. The van der Waals surface area contributed by atoms with Crippen molar-refractivity contribution in [1.82, 2.24) is 15.0 Å². The van der Waals surface area contributed by atoms with E-state index in [1.54, 1.807) is 25.1 Å². The van der Waals surface area contributed by atoms with Crippen LogP contribution in [-0.2, 0) is 16.1 Å². The first kappa shape index (κ1) is 22.9. The topological polar surface area (TPSA) is 97.6 Å². The first-order chi connectivity index (χ1) is 16.0. The van der Waals surface area contributed by atoms with Gasteiger partial charge in [0, 0.05) is 17.2 Å². The van der Waals surface area contributed by atoms with E-state index in [-0.39, 0.29) is 29.0 Å². The summed E-state index contributed by atoms with van der Waals surface area (Å²) in [6.07, 6.45) is 1.44. The van der Waals surface area contributed by atoms with E-state index in [4.69, 9.17) is 20.9 Å². The van der Waals surface area contributed by atoms with Crippen LogP contribution in [0.25, 0.3) is 11.4 Å². The highest BCUT2D eigenvalue weighted by Crippen LogP contribution is 2.25. The number of carbonyl (C=O) groups excluding carboxylic acids is 2. The van der Waals surface area contributed by atoms with Gasteiger partial charge in [0.2, 0.25) is 17.6 Å². The average molecular weight is 469 g/mol. The summed E-state index contributed by atoms with van der Waals surface area (Å²) >= 11 is 6.19. The molecule has 1 aromatic heterocycles. The van der Waals surface area contributed by atoms with Gasteiger partial charge >= 0.3 is 5.97 Å². The summed E-state index contributed by atoms with van der Waals surface area (Å²) in [6, 6.07) is 14.5. The van der Waals surface area contributed by atoms with Gasteiger partial charge in [-0.1, -0.05) is 47.1 Å². The Hall–Kier alpha value is -3.23. The lowest BCUT2D eigenvalue weighted by atomic mass is 9.96. The number of likely N-dealkylation sites (tertiary alicyclic amines) is 1. The first-order valence-corrected chi connectivity index (χ1v) is 11.3. The molecule has 1 saturated heterocycles. The SMILES string of the molecule is CCOC(=O)c1ccc(NC(=O)C2CCN(Cc3nc(-c4ccccc4)no3)CC2)cc1Cl. The van der Waals surface area contributed by atoms with Crippen LogP contribution >= 0.6 is 11.6 Å². The number of esters is 1. The molecular weight excluding hydrogens is 444 g/mol. The van der Waals surface area contributed by atoms with Crippen molar-refractivity contribution in [2.45, 2.75) is 26.3 Å². The zero-order valence-corrected chi connectivity index (χ0v) is 19.0. The fourth-order valence-electron chi connectivity index (χ4n) is 3.78. The number of nitrogens with one attached hydrogen (secondary N) is 1. The summed E-state index contributed by atoms with van der Waals surface area (Å²) in [5.74, 6) is 0.497. The Morgan fingerprint density at radius 3 is 2.64 bits per heavy atom. The quantitative estimate of drug-likeness (QED) is 0.512. The lowest BCUT2D eigenvalue weighted by Crippen LogP contribution is -2.37. The molecule has 1 aliphatic rings. The molecule has 33 heavy (non-hydrogen) atoms. The molecule has 0 atom stereocenters. The molecule has 1 amide bonds. The van der Waals surface area contributed by atoms with Crippen LogP contribution in [0.1, 0.15) is 36.0 Å². The molecule has 2 heterocycles. The zero-order chi connectivity index (χ0) is 23.2. The molecule has 2 aromatic carbocycles. The number of benzene rings is 2. The number of aromatic nitrogens is 2. The highest BCUT2D eigenvalue weighted by Gasteiger charge is 2.26. The van der Waals surface area contributed by atoms with Crippen molar-refractivity contribution >= 4 is 29.2 Å². The minimum Gasteiger partial charge on any atom is -0.462 e. The van der Waals surface area contributed by atoms with Crippen LogP contribution in [0, 0.1) is 5.92 Å². The van der Waals surface area contributed by atoms with Gasteiger partial charge in [-0.2, -0.15) is 4.98 Å². The van der Waals surface area contributed by atoms with Gasteiger partial charge in [-0.25, -0.2) is 4.79 Å². The van der Waals surface area contributed by atoms with Crippen LogP contribution in [0.4, 0.5) is 5.69 Å². The highest BCUT2D eigenvalue weighted by molar-refractivity contribution is 6.34. The maximum atomic E-state index is 12.7. The fraction of sp³-hybridized carbons (Fsp3) is 0.333. The van der Waals surface area contributed by atoms with Crippen LogP contribution < -0.4 is 5.32 Å². The molecule has 3 aromatic rings. The molecular formula is C24H25ClN4O4. The average Bonchev–Trinajstić information content (AvgIpc) is 3.29. The summed E-state index contributed by atoms with van der Waals surface area (Å²) < 4.78 is 10.4. The third-order valence-corrected chi connectivity index (χ3v) is 5.86. The molecule has 172 valence electrons. The lowest BCUT2D eigenvalue weighted by molar-refractivity contribution is -0.121. The summed E-state index contributed by atoms with van der Waals surface area (Å²) in [6.45, 7) is 4.06. The molecule has 1 N–H and O–H groups in total. The van der Waals surface area contributed by atoms with Gasteiger partial charge in [-0.15, -0.1) is 0 Å². The third kappa shape index (κ3) is 5.77. The molecule has 9 heteroatoms. The normalized spacial score (nSPS) is 14.7. The monoisotopic (exact) mass is 468 g/mol. The number of anilines is 1. The van der Waals surface area contributed by atoms with Crippen molar-refractivity contribution in [2.75, 3.05) is 25.0 Å². The Morgan fingerprint density at radius 2 is 1.94 bits per heavy atom. The minimum atomic E-state index is -0.482. The molecule has 4 rings (SSSR count). The maximum Gasteiger partial charge on any atom is 0.339 e. The highest BCUT2D eigenvalue weighted by atomic mass is 35.5. The molecule has 0 aliphatic carbocycles. The van der Waals surface area contributed by atoms with Gasteiger partial charge < -0.3 is 14.6 Å². The molecule has 0 radical (unpaired) electrons. The molecule has 0 saturated carbocycles. The van der Waals surface area contributed by atoms with Crippen LogP contribution in [0.3, 0.4) is 0 Å². The Bertz CT molecular complexity index is 1110. The van der Waals surface area contributed by atoms with Gasteiger partial charge in [0.25, 0.3) is 0 Å². The van der Waals surface area contributed by atoms with E-state index in [2.05, 4.69) is 20.4 Å². The van der Waals surface area contributed by atoms with Gasteiger partial charge in [-0.3, -0.25) is 9.69 Å². The van der Waals surface area contributed by atoms with Crippen molar-refractivity contribution in [1.29, 1.82) is 0 Å². The number of hydrogen-bond acceptors (Lipinski definition) is 7. The molecule has 0 bridgehead atoms. The third-order valence-electron chi connectivity index (χ3n) is 5.55. The smallest absolute Gasteiger partial charge is 0.339 e. The number of nitrogens with zero attached hydrogens (tertiary/aromatic N) is 3. The largest absolute Gasteiger partial charge is 0.462 e. The number of amides is 1.